The van der Waals surface area contributed by atoms with E-state index in [-0.39, 0.29) is 5.41 Å². The third-order valence-electron chi connectivity index (χ3n) is 12.1. The number of carbonyl (C=O) groups excluding carboxylic acids is 1. The number of fused-ring (bicyclic) bond motifs is 5. The Morgan fingerprint density at radius 2 is 1.82 bits per heavy atom. The lowest BCUT2D eigenvalue weighted by Crippen LogP contribution is -2.56. The molecule has 1 heterocycles. The van der Waals surface area contributed by atoms with Gasteiger partial charge < -0.3 is 9.64 Å². The molecule has 4 saturated carbocycles. The summed E-state index contributed by atoms with van der Waals surface area (Å²) in [6.07, 6.45) is 17.3. The molecule has 1 aliphatic heterocycles. The van der Waals surface area contributed by atoms with Crippen LogP contribution in [0.4, 0.5) is 0 Å². The molecule has 1 amide bonds. The zero-order valence-corrected chi connectivity index (χ0v) is 22.1. The normalized spacial score (nSPS) is 47.5. The summed E-state index contributed by atoms with van der Waals surface area (Å²) in [7, 11) is 0. The lowest BCUT2D eigenvalue weighted by Gasteiger charge is -2.62. The molecule has 0 N–H and O–H groups in total. The van der Waals surface area contributed by atoms with Crippen molar-refractivity contribution in [2.45, 2.75) is 117 Å². The minimum atomic E-state index is 0.253. The first-order chi connectivity index (χ1) is 15.9. The molecule has 0 spiro atoms. The minimum absolute atomic E-state index is 0.253. The quantitative estimate of drug-likeness (QED) is 0.441. The van der Waals surface area contributed by atoms with Crippen LogP contribution in [0.1, 0.15) is 111 Å². The highest BCUT2D eigenvalue weighted by Crippen LogP contribution is 2.68. The molecule has 9 unspecified atom stereocenters. The van der Waals surface area contributed by atoms with Crippen LogP contribution in [-0.2, 0) is 9.53 Å². The van der Waals surface area contributed by atoms with Crippen LogP contribution >= 0.6 is 0 Å². The van der Waals surface area contributed by atoms with E-state index in [9.17, 15) is 4.79 Å². The van der Waals surface area contributed by atoms with Crippen LogP contribution < -0.4 is 0 Å². The Morgan fingerprint density at radius 3 is 2.58 bits per heavy atom. The van der Waals surface area contributed by atoms with Gasteiger partial charge in [0.05, 0.1) is 0 Å². The van der Waals surface area contributed by atoms with E-state index in [0.717, 1.165) is 55.8 Å². The van der Waals surface area contributed by atoms with Gasteiger partial charge in [0, 0.05) is 31.7 Å². The second-order valence-electron chi connectivity index (χ2n) is 13.1. The molecular weight excluding hydrogens is 406 g/mol. The van der Waals surface area contributed by atoms with Crippen LogP contribution in [0.3, 0.4) is 0 Å². The SMILES string of the molecule is CCOCC1CCC2(CC)C(CCC3C4CCC(C(=O)N5CCCCC5C)C4(C)CCC32)C1. The summed E-state index contributed by atoms with van der Waals surface area (Å²) in [6, 6.07) is 0.455. The smallest absolute Gasteiger partial charge is 0.226 e. The topological polar surface area (TPSA) is 29.5 Å². The number of hydrogen-bond donors (Lipinski definition) is 0. The zero-order valence-electron chi connectivity index (χ0n) is 22.1. The van der Waals surface area contributed by atoms with Crippen LogP contribution in [0.15, 0.2) is 0 Å². The molecule has 3 heteroatoms. The molecule has 5 rings (SSSR count). The Bertz CT molecular complexity index is 707. The average Bonchev–Trinajstić information content (AvgIpc) is 3.19. The maximum Gasteiger partial charge on any atom is 0.226 e. The minimum Gasteiger partial charge on any atom is -0.381 e. The number of piperidine rings is 1. The Morgan fingerprint density at radius 1 is 0.970 bits per heavy atom. The van der Waals surface area contributed by atoms with Gasteiger partial charge in [-0.25, -0.2) is 0 Å². The number of amides is 1. The van der Waals surface area contributed by atoms with Crippen molar-refractivity contribution >= 4 is 5.91 Å². The van der Waals surface area contributed by atoms with Crippen LogP contribution in [0.25, 0.3) is 0 Å². The molecule has 5 aliphatic rings. The van der Waals surface area contributed by atoms with E-state index in [4.69, 9.17) is 4.74 Å². The fraction of sp³-hybridized carbons (Fsp3) is 0.967. The molecule has 188 valence electrons. The lowest BCUT2D eigenvalue weighted by molar-refractivity contribution is -0.153. The van der Waals surface area contributed by atoms with Crippen molar-refractivity contribution < 1.29 is 9.53 Å². The predicted octanol–water partition coefficient (Wildman–Crippen LogP) is 7.09. The highest BCUT2D eigenvalue weighted by atomic mass is 16.5. The molecule has 3 nitrogen and oxygen atoms in total. The van der Waals surface area contributed by atoms with Gasteiger partial charge in [-0.05, 0) is 138 Å². The Balaban J connectivity index is 1.33. The lowest BCUT2D eigenvalue weighted by atomic mass is 9.43. The molecule has 5 fully saturated rings. The fourth-order valence-corrected chi connectivity index (χ4v) is 10.3. The summed E-state index contributed by atoms with van der Waals surface area (Å²) in [6.45, 7) is 12.3. The molecular formula is C30H51NO2. The van der Waals surface area contributed by atoms with Gasteiger partial charge in [-0.1, -0.05) is 13.8 Å². The van der Waals surface area contributed by atoms with Crippen molar-refractivity contribution in [2.24, 2.45) is 46.3 Å². The van der Waals surface area contributed by atoms with Gasteiger partial charge in [-0.2, -0.15) is 0 Å². The molecule has 4 aliphatic carbocycles. The number of rotatable bonds is 5. The standard InChI is InChI=1S/C30H51NO2/c1-5-30-17-14-22(20-33-6-2)19-23(30)10-11-24-25-12-13-27(29(25,4)16-15-26(24)30)28(32)31-18-8-7-9-21(31)3/h21-27H,5-20H2,1-4H3. The molecule has 9 atom stereocenters. The summed E-state index contributed by atoms with van der Waals surface area (Å²) in [5, 5.41) is 0. The second-order valence-corrected chi connectivity index (χ2v) is 13.1. The van der Waals surface area contributed by atoms with Crippen molar-refractivity contribution in [1.82, 2.24) is 4.90 Å². The summed E-state index contributed by atoms with van der Waals surface area (Å²) in [5.41, 5.74) is 0.833. The van der Waals surface area contributed by atoms with Crippen LogP contribution in [0.2, 0.25) is 0 Å². The van der Waals surface area contributed by atoms with Crippen LogP contribution in [-0.4, -0.2) is 36.6 Å². The van der Waals surface area contributed by atoms with Gasteiger partial charge in [0.2, 0.25) is 5.91 Å². The molecule has 0 aromatic carbocycles. The van der Waals surface area contributed by atoms with E-state index in [2.05, 4.69) is 32.6 Å². The number of ether oxygens (including phenoxy) is 1. The third kappa shape index (κ3) is 3.91. The number of carbonyl (C=O) groups is 1. The van der Waals surface area contributed by atoms with E-state index in [1.165, 1.54) is 77.0 Å². The van der Waals surface area contributed by atoms with Gasteiger partial charge in [-0.15, -0.1) is 0 Å². The molecule has 0 aromatic heterocycles. The number of hydrogen-bond acceptors (Lipinski definition) is 2. The first-order valence-corrected chi connectivity index (χ1v) is 14.8. The summed E-state index contributed by atoms with van der Waals surface area (Å²) in [5.74, 6) is 5.11. The van der Waals surface area contributed by atoms with Gasteiger partial charge >= 0.3 is 0 Å². The molecule has 0 radical (unpaired) electrons. The van der Waals surface area contributed by atoms with E-state index in [1.807, 2.05) is 0 Å². The third-order valence-corrected chi connectivity index (χ3v) is 12.1. The monoisotopic (exact) mass is 457 g/mol. The first kappa shape index (κ1) is 24.1. The summed E-state index contributed by atoms with van der Waals surface area (Å²) < 4.78 is 5.85. The first-order valence-electron chi connectivity index (χ1n) is 14.8. The van der Waals surface area contributed by atoms with E-state index in [1.54, 1.807) is 0 Å². The van der Waals surface area contributed by atoms with E-state index >= 15 is 0 Å². The fourth-order valence-electron chi connectivity index (χ4n) is 10.3. The Kier molecular flexibility index (Phi) is 6.93. The summed E-state index contributed by atoms with van der Waals surface area (Å²) in [4.78, 5) is 16.1. The number of likely N-dealkylation sites (tertiary alicyclic amines) is 1. The van der Waals surface area contributed by atoms with E-state index in [0.29, 0.717) is 23.3 Å². The van der Waals surface area contributed by atoms with Gasteiger partial charge in [0.25, 0.3) is 0 Å². The van der Waals surface area contributed by atoms with Crippen LogP contribution in [0.5, 0.6) is 0 Å². The van der Waals surface area contributed by atoms with Gasteiger partial charge in [-0.3, -0.25) is 4.79 Å². The van der Waals surface area contributed by atoms with Gasteiger partial charge in [0.1, 0.15) is 0 Å². The largest absolute Gasteiger partial charge is 0.381 e. The average molecular weight is 458 g/mol. The Hall–Kier alpha value is -0.570. The highest BCUT2D eigenvalue weighted by molar-refractivity contribution is 5.80. The van der Waals surface area contributed by atoms with E-state index < -0.39 is 0 Å². The van der Waals surface area contributed by atoms with Crippen molar-refractivity contribution in [1.29, 1.82) is 0 Å². The number of nitrogens with zero attached hydrogens (tertiary/aromatic N) is 1. The molecule has 0 bridgehead atoms. The van der Waals surface area contributed by atoms with Crippen molar-refractivity contribution in [3.8, 4) is 0 Å². The summed E-state index contributed by atoms with van der Waals surface area (Å²) >= 11 is 0. The zero-order chi connectivity index (χ0) is 23.2. The van der Waals surface area contributed by atoms with Gasteiger partial charge in [0.15, 0.2) is 0 Å². The maximum atomic E-state index is 13.8. The predicted molar refractivity (Wildman–Crippen MR) is 135 cm³/mol. The van der Waals surface area contributed by atoms with Crippen molar-refractivity contribution in [3.05, 3.63) is 0 Å². The van der Waals surface area contributed by atoms with Crippen molar-refractivity contribution in [2.75, 3.05) is 19.8 Å². The molecule has 1 saturated heterocycles. The van der Waals surface area contributed by atoms with Crippen molar-refractivity contribution in [3.63, 3.8) is 0 Å². The second kappa shape index (κ2) is 9.47. The highest BCUT2D eigenvalue weighted by Gasteiger charge is 2.62. The Labute approximate surface area is 203 Å². The molecule has 33 heavy (non-hydrogen) atoms. The molecule has 0 aromatic rings. The van der Waals surface area contributed by atoms with Crippen LogP contribution in [0, 0.1) is 46.3 Å². The maximum absolute atomic E-state index is 13.8.